The number of aromatic nitrogens is 2. The number of para-hydroxylation sites is 1. The number of hydrogen-bond acceptors (Lipinski definition) is 5. The summed E-state index contributed by atoms with van der Waals surface area (Å²) in [5.41, 5.74) is 2.30. The van der Waals surface area contributed by atoms with Gasteiger partial charge < -0.3 is 9.73 Å². The van der Waals surface area contributed by atoms with Crippen molar-refractivity contribution < 1.29 is 9.21 Å². The second kappa shape index (κ2) is 8.59. The largest absolute Gasteiger partial charge is 0.467 e. The molecular weight excluding hydrogens is 398 g/mol. The van der Waals surface area contributed by atoms with Gasteiger partial charge in [-0.2, -0.15) is 0 Å². The van der Waals surface area contributed by atoms with E-state index in [4.69, 9.17) is 4.42 Å². The molecule has 152 valence electrons. The van der Waals surface area contributed by atoms with E-state index in [9.17, 15) is 9.59 Å². The second-order valence-electron chi connectivity index (χ2n) is 7.00. The Kier molecular flexibility index (Phi) is 5.72. The fourth-order valence-electron chi connectivity index (χ4n) is 3.03. The lowest BCUT2D eigenvalue weighted by molar-refractivity contribution is -0.115. The summed E-state index contributed by atoms with van der Waals surface area (Å²) in [5, 5.41) is 3.46. The third-order valence-corrected chi connectivity index (χ3v) is 5.78. The van der Waals surface area contributed by atoms with E-state index in [1.54, 1.807) is 36.0 Å². The Morgan fingerprint density at radius 3 is 2.63 bits per heavy atom. The van der Waals surface area contributed by atoms with E-state index in [1.165, 1.54) is 11.8 Å². The van der Waals surface area contributed by atoms with E-state index in [-0.39, 0.29) is 18.0 Å². The summed E-state index contributed by atoms with van der Waals surface area (Å²) in [6.07, 6.45) is 1.57. The van der Waals surface area contributed by atoms with Crippen molar-refractivity contribution in [3.05, 3.63) is 88.6 Å². The highest BCUT2D eigenvalue weighted by atomic mass is 32.2. The highest BCUT2D eigenvalue weighted by molar-refractivity contribution is 8.00. The zero-order chi connectivity index (χ0) is 21.1. The first kappa shape index (κ1) is 20.0. The smallest absolute Gasteiger partial charge is 0.262 e. The number of carbonyl (C=O) groups is 1. The molecule has 0 aliphatic carbocycles. The summed E-state index contributed by atoms with van der Waals surface area (Å²) < 4.78 is 6.98. The number of furan rings is 1. The number of carbonyl (C=O) groups excluding carboxylic acids is 1. The Morgan fingerprint density at radius 1 is 1.13 bits per heavy atom. The molecule has 4 rings (SSSR count). The molecule has 0 bridgehead atoms. The van der Waals surface area contributed by atoms with E-state index in [2.05, 4.69) is 10.3 Å². The summed E-state index contributed by atoms with van der Waals surface area (Å²) in [6.45, 7) is 4.04. The molecule has 4 aromatic rings. The van der Waals surface area contributed by atoms with Gasteiger partial charge in [0.1, 0.15) is 5.76 Å². The highest BCUT2D eigenvalue weighted by Crippen LogP contribution is 2.24. The molecule has 0 aliphatic heterocycles. The van der Waals surface area contributed by atoms with Crippen molar-refractivity contribution in [2.75, 3.05) is 5.32 Å². The number of aryl methyl sites for hydroxylation is 1. The third kappa shape index (κ3) is 4.31. The minimum atomic E-state index is -0.456. The van der Waals surface area contributed by atoms with Crippen LogP contribution in [0.2, 0.25) is 0 Å². The van der Waals surface area contributed by atoms with Gasteiger partial charge in [-0.25, -0.2) is 4.98 Å². The van der Waals surface area contributed by atoms with Crippen molar-refractivity contribution >= 4 is 34.3 Å². The van der Waals surface area contributed by atoms with Gasteiger partial charge in [-0.3, -0.25) is 14.2 Å². The molecule has 0 saturated heterocycles. The molecule has 2 aromatic heterocycles. The van der Waals surface area contributed by atoms with Crippen molar-refractivity contribution in [3.8, 4) is 0 Å². The average molecular weight is 420 g/mol. The number of rotatable bonds is 6. The standard InChI is InChI=1S/C23H21N3O3S/c1-15-9-11-17(12-10-15)24-21(27)16(2)30-23-25-20-8-4-3-7-19(20)22(28)26(23)14-18-6-5-13-29-18/h3-13,16H,14H2,1-2H3,(H,24,27)/t16-/m1/s1. The van der Waals surface area contributed by atoms with Crippen LogP contribution in [0.5, 0.6) is 0 Å². The molecule has 0 aliphatic rings. The van der Waals surface area contributed by atoms with Crippen molar-refractivity contribution in [2.24, 2.45) is 0 Å². The monoisotopic (exact) mass is 419 g/mol. The summed E-state index contributed by atoms with van der Waals surface area (Å²) in [6, 6.07) is 18.4. The van der Waals surface area contributed by atoms with Crippen LogP contribution in [0.25, 0.3) is 10.9 Å². The average Bonchev–Trinajstić information content (AvgIpc) is 3.26. The molecule has 2 aromatic carbocycles. The minimum Gasteiger partial charge on any atom is -0.467 e. The van der Waals surface area contributed by atoms with Gasteiger partial charge in [-0.05, 0) is 50.2 Å². The molecule has 1 atom stereocenters. The van der Waals surface area contributed by atoms with Crippen LogP contribution >= 0.6 is 11.8 Å². The first-order valence-corrected chi connectivity index (χ1v) is 10.5. The van der Waals surface area contributed by atoms with Gasteiger partial charge in [0.15, 0.2) is 5.16 Å². The number of thioether (sulfide) groups is 1. The summed E-state index contributed by atoms with van der Waals surface area (Å²) in [7, 11) is 0. The number of nitrogens with zero attached hydrogens (tertiary/aromatic N) is 2. The molecule has 0 unspecified atom stereocenters. The Hall–Kier alpha value is -3.32. The Labute approximate surface area is 177 Å². The van der Waals surface area contributed by atoms with Crippen LogP contribution in [0.15, 0.2) is 81.3 Å². The van der Waals surface area contributed by atoms with Crippen LogP contribution < -0.4 is 10.9 Å². The Bertz CT molecular complexity index is 1230. The van der Waals surface area contributed by atoms with E-state index >= 15 is 0 Å². The quantitative estimate of drug-likeness (QED) is 0.369. The molecule has 1 amide bonds. The topological polar surface area (TPSA) is 77.1 Å². The highest BCUT2D eigenvalue weighted by Gasteiger charge is 2.20. The van der Waals surface area contributed by atoms with E-state index in [0.29, 0.717) is 21.8 Å². The third-order valence-electron chi connectivity index (χ3n) is 4.69. The number of hydrogen-bond donors (Lipinski definition) is 1. The number of benzene rings is 2. The fourth-order valence-corrected chi connectivity index (χ4v) is 3.94. The number of nitrogens with one attached hydrogen (secondary N) is 1. The van der Waals surface area contributed by atoms with Gasteiger partial charge in [0.25, 0.3) is 5.56 Å². The van der Waals surface area contributed by atoms with Crippen LogP contribution in [0.1, 0.15) is 18.2 Å². The first-order chi connectivity index (χ1) is 14.5. The summed E-state index contributed by atoms with van der Waals surface area (Å²) in [4.78, 5) is 30.5. The number of fused-ring (bicyclic) bond motifs is 1. The van der Waals surface area contributed by atoms with Crippen LogP contribution in [0.4, 0.5) is 5.69 Å². The maximum absolute atomic E-state index is 13.1. The predicted molar refractivity (Wildman–Crippen MR) is 119 cm³/mol. The fraction of sp³-hybridized carbons (Fsp3) is 0.174. The lowest BCUT2D eigenvalue weighted by Gasteiger charge is -2.16. The van der Waals surface area contributed by atoms with E-state index < -0.39 is 5.25 Å². The van der Waals surface area contributed by atoms with Gasteiger partial charge in [0.05, 0.1) is 29.0 Å². The molecule has 2 heterocycles. The molecule has 1 N–H and O–H groups in total. The lowest BCUT2D eigenvalue weighted by Crippen LogP contribution is -2.27. The minimum absolute atomic E-state index is 0.157. The van der Waals surface area contributed by atoms with Crippen LogP contribution in [-0.4, -0.2) is 20.7 Å². The summed E-state index contributed by atoms with van der Waals surface area (Å²) >= 11 is 1.25. The number of anilines is 1. The molecule has 6 nitrogen and oxygen atoms in total. The van der Waals surface area contributed by atoms with Gasteiger partial charge in [0.2, 0.25) is 5.91 Å². The first-order valence-electron chi connectivity index (χ1n) is 9.57. The van der Waals surface area contributed by atoms with Gasteiger partial charge in [-0.1, -0.05) is 41.6 Å². The predicted octanol–water partition coefficient (Wildman–Crippen LogP) is 4.47. The zero-order valence-electron chi connectivity index (χ0n) is 16.7. The van der Waals surface area contributed by atoms with Gasteiger partial charge >= 0.3 is 0 Å². The van der Waals surface area contributed by atoms with Gasteiger partial charge in [-0.15, -0.1) is 0 Å². The van der Waals surface area contributed by atoms with Crippen molar-refractivity contribution in [3.63, 3.8) is 0 Å². The molecule has 0 fully saturated rings. The van der Waals surface area contributed by atoms with Crippen molar-refractivity contribution in [2.45, 2.75) is 30.8 Å². The van der Waals surface area contributed by atoms with Crippen LogP contribution in [0, 0.1) is 6.92 Å². The SMILES string of the molecule is Cc1ccc(NC(=O)[C@@H](C)Sc2nc3ccccc3c(=O)n2Cc2ccco2)cc1. The Morgan fingerprint density at radius 2 is 1.90 bits per heavy atom. The maximum Gasteiger partial charge on any atom is 0.262 e. The van der Waals surface area contributed by atoms with Crippen LogP contribution in [-0.2, 0) is 11.3 Å². The normalized spacial score (nSPS) is 12.1. The van der Waals surface area contributed by atoms with Crippen molar-refractivity contribution in [1.29, 1.82) is 0 Å². The molecule has 7 heteroatoms. The molecule has 0 saturated carbocycles. The second-order valence-corrected chi connectivity index (χ2v) is 8.31. The number of amides is 1. The Balaban J connectivity index is 1.64. The molecule has 0 spiro atoms. The van der Waals surface area contributed by atoms with E-state index in [1.807, 2.05) is 49.4 Å². The van der Waals surface area contributed by atoms with Crippen LogP contribution in [0.3, 0.4) is 0 Å². The summed E-state index contributed by atoms with van der Waals surface area (Å²) in [5.74, 6) is 0.489. The van der Waals surface area contributed by atoms with Gasteiger partial charge in [0, 0.05) is 5.69 Å². The molecule has 30 heavy (non-hydrogen) atoms. The lowest BCUT2D eigenvalue weighted by atomic mass is 10.2. The zero-order valence-corrected chi connectivity index (χ0v) is 17.5. The van der Waals surface area contributed by atoms with E-state index in [0.717, 1.165) is 11.3 Å². The van der Waals surface area contributed by atoms with Crippen molar-refractivity contribution in [1.82, 2.24) is 9.55 Å². The molecular formula is C23H21N3O3S. The maximum atomic E-state index is 13.1. The molecule has 0 radical (unpaired) electrons.